The van der Waals surface area contributed by atoms with Crippen molar-refractivity contribution in [1.29, 1.82) is 0 Å². The van der Waals surface area contributed by atoms with E-state index in [2.05, 4.69) is 64.1 Å². The van der Waals surface area contributed by atoms with Crippen LogP contribution >= 0.6 is 11.3 Å². The summed E-state index contributed by atoms with van der Waals surface area (Å²) in [5.74, 6) is -0.591. The summed E-state index contributed by atoms with van der Waals surface area (Å²) in [6.07, 6.45) is 6.73. The Balaban J connectivity index is 0.000000589. The van der Waals surface area contributed by atoms with Crippen LogP contribution in [0, 0.1) is 6.92 Å². The number of nitrogens with one attached hydrogen (secondary N) is 2. The maximum atomic E-state index is 12.2. The highest BCUT2D eigenvalue weighted by Gasteiger charge is 2.16. The molecule has 0 aliphatic carbocycles. The number of hydrogen-bond donors (Lipinski definition) is 2. The van der Waals surface area contributed by atoms with Gasteiger partial charge in [-0.15, -0.1) is 11.3 Å². The minimum absolute atomic E-state index is 0.101. The lowest BCUT2D eigenvalue weighted by molar-refractivity contribution is -0.115. The molecule has 0 spiro atoms. The van der Waals surface area contributed by atoms with E-state index in [1.807, 2.05) is 61.2 Å². The van der Waals surface area contributed by atoms with Crippen molar-refractivity contribution >= 4 is 28.3 Å². The summed E-state index contributed by atoms with van der Waals surface area (Å²) < 4.78 is 7.51. The van der Waals surface area contributed by atoms with Crippen LogP contribution in [-0.2, 0) is 15.1 Å². The molecule has 1 aromatic carbocycles. The molecule has 2 aromatic heterocycles. The predicted molar refractivity (Wildman–Crippen MR) is 165 cm³/mol. The van der Waals surface area contributed by atoms with Crippen LogP contribution in [-0.4, -0.2) is 40.1 Å². The SMILES string of the molecule is CC.CCC(C)OC(C)CC.Cc1cccc(-c2csc(NC(=O)CNC(=O)c3ccn(C(C)(C)C)c3)n2)c1. The Kier molecular flexibility index (Phi) is 14.7. The number of carbonyl (C=O) groups excluding carboxylic acids is 2. The number of rotatable bonds is 9. The van der Waals surface area contributed by atoms with Gasteiger partial charge in [-0.2, -0.15) is 0 Å². The van der Waals surface area contributed by atoms with E-state index in [9.17, 15) is 9.59 Å². The second-order valence-electron chi connectivity index (χ2n) is 10.2. The van der Waals surface area contributed by atoms with Crippen LogP contribution in [0.1, 0.15) is 91.1 Å². The van der Waals surface area contributed by atoms with E-state index in [4.69, 9.17) is 4.74 Å². The van der Waals surface area contributed by atoms with Gasteiger partial charge in [0.2, 0.25) is 5.91 Å². The lowest BCUT2D eigenvalue weighted by atomic mass is 10.1. The number of nitrogens with zero attached hydrogens (tertiary/aromatic N) is 2. The van der Waals surface area contributed by atoms with Gasteiger partial charge >= 0.3 is 0 Å². The fraction of sp³-hybridized carbons (Fsp3) is 0.516. The molecule has 2 N–H and O–H groups in total. The molecule has 0 aliphatic heterocycles. The largest absolute Gasteiger partial charge is 0.376 e. The number of amides is 2. The van der Waals surface area contributed by atoms with Crippen molar-refractivity contribution in [3.8, 4) is 11.3 Å². The molecule has 39 heavy (non-hydrogen) atoms. The number of thiazole rings is 1. The molecule has 3 rings (SSSR count). The van der Waals surface area contributed by atoms with Crippen molar-refractivity contribution in [2.24, 2.45) is 0 Å². The van der Waals surface area contributed by atoms with Gasteiger partial charge in [0.15, 0.2) is 5.13 Å². The topological polar surface area (TPSA) is 85.3 Å². The van der Waals surface area contributed by atoms with Gasteiger partial charge in [0.25, 0.3) is 5.91 Å². The van der Waals surface area contributed by atoms with Gasteiger partial charge in [-0.3, -0.25) is 9.59 Å². The van der Waals surface area contributed by atoms with Gasteiger partial charge in [-0.05, 0) is 66.5 Å². The molecule has 0 saturated carbocycles. The van der Waals surface area contributed by atoms with Gasteiger partial charge < -0.3 is 19.9 Å². The molecule has 2 unspecified atom stereocenters. The van der Waals surface area contributed by atoms with Crippen LogP contribution in [0.3, 0.4) is 0 Å². The van der Waals surface area contributed by atoms with Gasteiger partial charge in [0, 0.05) is 28.9 Å². The summed E-state index contributed by atoms with van der Waals surface area (Å²) in [5.41, 5.74) is 3.40. The van der Waals surface area contributed by atoms with Crippen LogP contribution in [0.2, 0.25) is 0 Å². The summed E-state index contributed by atoms with van der Waals surface area (Å²) in [4.78, 5) is 28.8. The maximum absolute atomic E-state index is 12.2. The Labute approximate surface area is 239 Å². The molecule has 3 aromatic rings. The van der Waals surface area contributed by atoms with Crippen molar-refractivity contribution in [2.45, 2.75) is 99.8 Å². The molecule has 7 nitrogen and oxygen atoms in total. The number of hydrogen-bond acceptors (Lipinski definition) is 5. The molecule has 0 fully saturated rings. The highest BCUT2D eigenvalue weighted by molar-refractivity contribution is 7.14. The first-order valence-electron chi connectivity index (χ1n) is 13.9. The standard InChI is InChI=1S/C21H24N4O2S.C8H18O.C2H6/c1-14-6-5-7-15(10-14)17-13-28-20(23-17)24-18(26)11-22-19(27)16-8-9-25(12-16)21(2,3)4;1-5-7(3)9-8(4)6-2;1-2/h5-10,12-13H,11H2,1-4H3,(H,22,27)(H,23,24,26);7-8H,5-6H2,1-4H3;1-2H3. The molecule has 8 heteroatoms. The second kappa shape index (κ2) is 16.9. The number of benzene rings is 1. The Bertz CT molecular complexity index is 1140. The molecule has 216 valence electrons. The average molecular weight is 557 g/mol. The fourth-order valence-corrected chi connectivity index (χ4v) is 3.97. The zero-order valence-corrected chi connectivity index (χ0v) is 26.2. The van der Waals surface area contributed by atoms with Crippen LogP contribution < -0.4 is 10.6 Å². The van der Waals surface area contributed by atoms with Crippen LogP contribution in [0.4, 0.5) is 5.13 Å². The second-order valence-corrected chi connectivity index (χ2v) is 11.0. The van der Waals surface area contributed by atoms with Crippen molar-refractivity contribution in [3.05, 3.63) is 59.2 Å². The molecule has 2 atom stereocenters. The lowest BCUT2D eigenvalue weighted by Crippen LogP contribution is -2.32. The number of ether oxygens (including phenoxy) is 1. The number of anilines is 1. The molecule has 0 saturated heterocycles. The Morgan fingerprint density at radius 2 is 1.72 bits per heavy atom. The van der Waals surface area contributed by atoms with E-state index in [0.717, 1.165) is 29.7 Å². The minimum Gasteiger partial charge on any atom is -0.376 e. The summed E-state index contributed by atoms with van der Waals surface area (Å²) in [7, 11) is 0. The predicted octanol–water partition coefficient (Wildman–Crippen LogP) is 7.67. The monoisotopic (exact) mass is 556 g/mol. The van der Waals surface area contributed by atoms with E-state index in [0.29, 0.717) is 22.9 Å². The number of carbonyl (C=O) groups is 2. The molecule has 0 bridgehead atoms. The highest BCUT2D eigenvalue weighted by Crippen LogP contribution is 2.25. The highest BCUT2D eigenvalue weighted by atomic mass is 32.1. The van der Waals surface area contributed by atoms with Gasteiger partial charge in [-0.25, -0.2) is 4.98 Å². The Morgan fingerprint density at radius 3 is 2.26 bits per heavy atom. The lowest BCUT2D eigenvalue weighted by Gasteiger charge is -2.20. The summed E-state index contributed by atoms with van der Waals surface area (Å²) in [6, 6.07) is 9.78. The first-order valence-corrected chi connectivity index (χ1v) is 14.7. The Morgan fingerprint density at radius 1 is 1.08 bits per heavy atom. The normalized spacial score (nSPS) is 12.3. The van der Waals surface area contributed by atoms with E-state index in [1.165, 1.54) is 11.3 Å². The van der Waals surface area contributed by atoms with Crippen LogP contribution in [0.15, 0.2) is 48.1 Å². The molecule has 0 radical (unpaired) electrons. The maximum Gasteiger partial charge on any atom is 0.253 e. The molecular weight excluding hydrogens is 508 g/mol. The first kappa shape index (κ1) is 34.1. The summed E-state index contributed by atoms with van der Waals surface area (Å²) in [6.45, 7) is 20.6. The smallest absolute Gasteiger partial charge is 0.253 e. The van der Waals surface area contributed by atoms with Crippen LogP contribution in [0.25, 0.3) is 11.3 Å². The van der Waals surface area contributed by atoms with E-state index >= 15 is 0 Å². The first-order chi connectivity index (χ1) is 18.4. The van der Waals surface area contributed by atoms with Crippen molar-refractivity contribution in [2.75, 3.05) is 11.9 Å². The van der Waals surface area contributed by atoms with Crippen LogP contribution in [0.5, 0.6) is 0 Å². The summed E-state index contributed by atoms with van der Waals surface area (Å²) in [5, 5.41) is 7.78. The number of aryl methyl sites for hydroxylation is 1. The zero-order valence-electron chi connectivity index (χ0n) is 25.4. The number of aromatic nitrogens is 2. The third-order valence-electron chi connectivity index (χ3n) is 5.82. The zero-order chi connectivity index (χ0) is 29.6. The van der Waals surface area contributed by atoms with E-state index < -0.39 is 0 Å². The average Bonchev–Trinajstić information content (AvgIpc) is 3.59. The van der Waals surface area contributed by atoms with Crippen molar-refractivity contribution in [1.82, 2.24) is 14.9 Å². The van der Waals surface area contributed by atoms with E-state index in [1.54, 1.807) is 12.3 Å². The minimum atomic E-state index is -0.311. The molecule has 0 aliphatic rings. The third kappa shape index (κ3) is 12.2. The molecule has 2 amide bonds. The van der Waals surface area contributed by atoms with Gasteiger partial charge in [0.1, 0.15) is 0 Å². The van der Waals surface area contributed by atoms with Crippen molar-refractivity contribution in [3.63, 3.8) is 0 Å². The van der Waals surface area contributed by atoms with E-state index in [-0.39, 0.29) is 23.9 Å². The third-order valence-corrected chi connectivity index (χ3v) is 6.58. The molecular formula is C31H48N4O3S. The van der Waals surface area contributed by atoms with Crippen molar-refractivity contribution < 1.29 is 14.3 Å². The quantitative estimate of drug-likeness (QED) is 0.283. The summed E-state index contributed by atoms with van der Waals surface area (Å²) >= 11 is 1.36. The Hall–Kier alpha value is -2.97. The fourth-order valence-electron chi connectivity index (χ4n) is 3.23. The van der Waals surface area contributed by atoms with Gasteiger partial charge in [0.05, 0.1) is 30.0 Å². The van der Waals surface area contributed by atoms with Gasteiger partial charge in [-0.1, -0.05) is 51.5 Å². The molecule has 2 heterocycles.